The van der Waals surface area contributed by atoms with Crippen LogP contribution in [-0.2, 0) is 0 Å². The quantitative estimate of drug-likeness (QED) is 0.903. The Morgan fingerprint density at radius 1 is 1.10 bits per heavy atom. The molecule has 0 aliphatic heterocycles. The van der Waals surface area contributed by atoms with E-state index in [1.165, 1.54) is 30.3 Å². The van der Waals surface area contributed by atoms with Crippen LogP contribution < -0.4 is 5.32 Å². The number of carboxylic acid groups (broad SMARTS) is 1. The number of aromatic carboxylic acids is 1. The second kappa shape index (κ2) is 5.52. The van der Waals surface area contributed by atoms with Crippen molar-refractivity contribution in [3.63, 3.8) is 0 Å². The van der Waals surface area contributed by atoms with E-state index in [1.54, 1.807) is 19.1 Å². The van der Waals surface area contributed by atoms with Crippen molar-refractivity contribution < 1.29 is 19.1 Å². The lowest BCUT2D eigenvalue weighted by Gasteiger charge is -2.08. The Labute approximate surface area is 114 Å². The maximum absolute atomic E-state index is 12.8. The summed E-state index contributed by atoms with van der Waals surface area (Å²) < 4.78 is 12.8. The van der Waals surface area contributed by atoms with E-state index in [1.807, 2.05) is 0 Å². The summed E-state index contributed by atoms with van der Waals surface area (Å²) in [6.45, 7) is 1.68. The van der Waals surface area contributed by atoms with E-state index in [4.69, 9.17) is 5.11 Å². The zero-order valence-corrected chi connectivity index (χ0v) is 10.7. The van der Waals surface area contributed by atoms with E-state index in [0.717, 1.165) is 0 Å². The van der Waals surface area contributed by atoms with Gasteiger partial charge in [-0.2, -0.15) is 0 Å². The molecule has 2 rings (SSSR count). The number of carbonyl (C=O) groups excluding carboxylic acids is 1. The Bertz CT molecular complexity index is 665. The summed E-state index contributed by atoms with van der Waals surface area (Å²) in [6.07, 6.45) is 0. The lowest BCUT2D eigenvalue weighted by molar-refractivity contribution is 0.0695. The van der Waals surface area contributed by atoms with Gasteiger partial charge in [-0.25, -0.2) is 9.18 Å². The molecule has 0 aliphatic carbocycles. The van der Waals surface area contributed by atoms with Gasteiger partial charge in [-0.1, -0.05) is 6.07 Å². The Balaban J connectivity index is 2.21. The van der Waals surface area contributed by atoms with Crippen molar-refractivity contribution in [2.75, 3.05) is 5.32 Å². The predicted octanol–water partition coefficient (Wildman–Crippen LogP) is 3.08. The molecule has 5 heteroatoms. The smallest absolute Gasteiger partial charge is 0.336 e. The molecule has 2 N–H and O–H groups in total. The molecule has 0 radical (unpaired) electrons. The molecule has 0 atom stereocenters. The summed E-state index contributed by atoms with van der Waals surface area (Å²) in [7, 11) is 0. The van der Waals surface area contributed by atoms with Crippen LogP contribution in [0.5, 0.6) is 0 Å². The highest BCUT2D eigenvalue weighted by molar-refractivity contribution is 6.04. The van der Waals surface area contributed by atoms with Gasteiger partial charge in [0.2, 0.25) is 0 Å². The molecule has 0 heterocycles. The number of hydrogen-bond acceptors (Lipinski definition) is 2. The SMILES string of the molecule is Cc1ccc(NC(=O)c2ccc(F)cc2)cc1C(=O)O. The molecule has 0 bridgehead atoms. The molecule has 4 nitrogen and oxygen atoms in total. The molecule has 0 saturated heterocycles. The van der Waals surface area contributed by atoms with Crippen LogP contribution in [0.4, 0.5) is 10.1 Å². The standard InChI is InChI=1S/C15H12FNO3/c1-9-2-7-12(8-13(9)15(19)20)17-14(18)10-3-5-11(16)6-4-10/h2-8H,1H3,(H,17,18)(H,19,20). The molecule has 0 fully saturated rings. The first kappa shape index (κ1) is 13.7. The highest BCUT2D eigenvalue weighted by Gasteiger charge is 2.10. The maximum Gasteiger partial charge on any atom is 0.336 e. The molecule has 0 unspecified atom stereocenters. The Morgan fingerprint density at radius 2 is 1.75 bits per heavy atom. The van der Waals surface area contributed by atoms with Gasteiger partial charge in [-0.3, -0.25) is 4.79 Å². The van der Waals surface area contributed by atoms with Gasteiger partial charge < -0.3 is 10.4 Å². The van der Waals surface area contributed by atoms with Crippen LogP contribution in [0.25, 0.3) is 0 Å². The highest BCUT2D eigenvalue weighted by atomic mass is 19.1. The average molecular weight is 273 g/mol. The molecular weight excluding hydrogens is 261 g/mol. The number of benzene rings is 2. The minimum absolute atomic E-state index is 0.127. The minimum atomic E-state index is -1.06. The molecule has 0 aliphatic rings. The van der Waals surface area contributed by atoms with Gasteiger partial charge in [0.1, 0.15) is 5.82 Å². The molecule has 1 amide bonds. The van der Waals surface area contributed by atoms with Crippen molar-refractivity contribution in [1.29, 1.82) is 0 Å². The number of halogens is 1. The third kappa shape index (κ3) is 3.00. The molecule has 0 aromatic heterocycles. The number of aryl methyl sites for hydroxylation is 1. The number of anilines is 1. The van der Waals surface area contributed by atoms with Gasteiger partial charge in [0.15, 0.2) is 0 Å². The summed E-state index contributed by atoms with van der Waals surface area (Å²) in [5.74, 6) is -1.91. The number of carbonyl (C=O) groups is 2. The second-order valence-electron chi connectivity index (χ2n) is 4.30. The average Bonchev–Trinajstić information content (AvgIpc) is 2.41. The Kier molecular flexibility index (Phi) is 3.79. The van der Waals surface area contributed by atoms with E-state index >= 15 is 0 Å². The summed E-state index contributed by atoms with van der Waals surface area (Å²) in [5.41, 5.74) is 1.41. The van der Waals surface area contributed by atoms with E-state index in [-0.39, 0.29) is 5.56 Å². The molecule has 0 saturated carbocycles. The fourth-order valence-corrected chi connectivity index (χ4v) is 1.73. The van der Waals surface area contributed by atoms with E-state index in [9.17, 15) is 14.0 Å². The van der Waals surface area contributed by atoms with Crippen LogP contribution in [0.15, 0.2) is 42.5 Å². The summed E-state index contributed by atoms with van der Waals surface area (Å²) in [5, 5.41) is 11.6. The molecular formula is C15H12FNO3. The first-order valence-corrected chi connectivity index (χ1v) is 5.88. The third-order valence-corrected chi connectivity index (χ3v) is 2.83. The van der Waals surface area contributed by atoms with E-state index in [0.29, 0.717) is 16.8 Å². The van der Waals surface area contributed by atoms with Crippen LogP contribution in [-0.4, -0.2) is 17.0 Å². The van der Waals surface area contributed by atoms with Crippen LogP contribution >= 0.6 is 0 Å². The first-order valence-electron chi connectivity index (χ1n) is 5.88. The first-order chi connectivity index (χ1) is 9.47. The normalized spacial score (nSPS) is 10.1. The van der Waals surface area contributed by atoms with Gasteiger partial charge in [0, 0.05) is 11.3 Å². The molecule has 20 heavy (non-hydrogen) atoms. The highest BCUT2D eigenvalue weighted by Crippen LogP contribution is 2.16. The predicted molar refractivity (Wildman–Crippen MR) is 72.5 cm³/mol. The number of hydrogen-bond donors (Lipinski definition) is 2. The monoisotopic (exact) mass is 273 g/mol. The number of nitrogens with one attached hydrogen (secondary N) is 1. The minimum Gasteiger partial charge on any atom is -0.478 e. The summed E-state index contributed by atoms with van der Waals surface area (Å²) >= 11 is 0. The molecule has 102 valence electrons. The van der Waals surface area contributed by atoms with Crippen molar-refractivity contribution in [3.05, 3.63) is 65.0 Å². The lowest BCUT2D eigenvalue weighted by atomic mass is 10.1. The van der Waals surface area contributed by atoms with Crippen molar-refractivity contribution >= 4 is 17.6 Å². The molecule has 2 aromatic carbocycles. The van der Waals surface area contributed by atoms with Crippen LogP contribution in [0, 0.1) is 12.7 Å². The van der Waals surface area contributed by atoms with Crippen molar-refractivity contribution in [2.24, 2.45) is 0 Å². The number of amides is 1. The largest absolute Gasteiger partial charge is 0.478 e. The van der Waals surface area contributed by atoms with Gasteiger partial charge in [0.05, 0.1) is 5.56 Å². The molecule has 2 aromatic rings. The van der Waals surface area contributed by atoms with Crippen molar-refractivity contribution in [3.8, 4) is 0 Å². The van der Waals surface area contributed by atoms with Crippen LogP contribution in [0.2, 0.25) is 0 Å². The lowest BCUT2D eigenvalue weighted by Crippen LogP contribution is -2.12. The fourth-order valence-electron chi connectivity index (χ4n) is 1.73. The molecule has 0 spiro atoms. The van der Waals surface area contributed by atoms with E-state index in [2.05, 4.69) is 5.32 Å². The topological polar surface area (TPSA) is 66.4 Å². The van der Waals surface area contributed by atoms with Crippen molar-refractivity contribution in [2.45, 2.75) is 6.92 Å². The number of rotatable bonds is 3. The Hall–Kier alpha value is -2.69. The maximum atomic E-state index is 12.8. The van der Waals surface area contributed by atoms with Gasteiger partial charge >= 0.3 is 5.97 Å². The second-order valence-corrected chi connectivity index (χ2v) is 4.30. The Morgan fingerprint density at radius 3 is 2.35 bits per heavy atom. The zero-order valence-electron chi connectivity index (χ0n) is 10.7. The van der Waals surface area contributed by atoms with Crippen LogP contribution in [0.1, 0.15) is 26.3 Å². The number of carboxylic acids is 1. The van der Waals surface area contributed by atoms with E-state index < -0.39 is 17.7 Å². The third-order valence-electron chi connectivity index (χ3n) is 2.83. The van der Waals surface area contributed by atoms with Gasteiger partial charge in [-0.15, -0.1) is 0 Å². The zero-order chi connectivity index (χ0) is 14.7. The summed E-state index contributed by atoms with van der Waals surface area (Å²) in [4.78, 5) is 22.9. The van der Waals surface area contributed by atoms with Gasteiger partial charge in [0.25, 0.3) is 5.91 Å². The van der Waals surface area contributed by atoms with Crippen LogP contribution in [0.3, 0.4) is 0 Å². The summed E-state index contributed by atoms with van der Waals surface area (Å²) in [6, 6.07) is 9.71. The van der Waals surface area contributed by atoms with Crippen molar-refractivity contribution in [1.82, 2.24) is 0 Å². The van der Waals surface area contributed by atoms with Gasteiger partial charge in [-0.05, 0) is 48.9 Å². The fraction of sp³-hybridized carbons (Fsp3) is 0.0667.